The summed E-state index contributed by atoms with van der Waals surface area (Å²) in [7, 11) is 0. The molecule has 0 bridgehead atoms. The minimum absolute atomic E-state index is 0.0573. The molecule has 0 fully saturated rings. The van der Waals surface area contributed by atoms with Crippen LogP contribution in [0.3, 0.4) is 0 Å². The summed E-state index contributed by atoms with van der Waals surface area (Å²) in [5.74, 6) is -0.699. The van der Waals surface area contributed by atoms with E-state index in [1.807, 2.05) is 0 Å². The summed E-state index contributed by atoms with van der Waals surface area (Å²) in [4.78, 5) is 27.4. The summed E-state index contributed by atoms with van der Waals surface area (Å²) < 4.78 is 0.0955. The Labute approximate surface area is 94.3 Å². The largest absolute Gasteiger partial charge is 0.395 e. The fourth-order valence-corrected chi connectivity index (χ4v) is 1.75. The van der Waals surface area contributed by atoms with E-state index in [0.29, 0.717) is 5.69 Å². The van der Waals surface area contributed by atoms with Crippen LogP contribution in [0.4, 0.5) is 0 Å². The van der Waals surface area contributed by atoms with Crippen molar-refractivity contribution in [3.05, 3.63) is 39.3 Å². The predicted molar refractivity (Wildman–Crippen MR) is 57.8 cm³/mol. The normalized spacial score (nSPS) is 15.6. The van der Waals surface area contributed by atoms with Crippen molar-refractivity contribution in [3.8, 4) is 0 Å². The number of pyridine rings is 1. The number of rotatable bonds is 0. The lowest BCUT2D eigenvalue weighted by atomic mass is 9.97. The van der Waals surface area contributed by atoms with Crippen LogP contribution in [-0.2, 0) is 0 Å². The molecule has 0 spiro atoms. The molecule has 15 heavy (non-hydrogen) atoms. The smallest absolute Gasteiger partial charge is 0.221 e. The van der Waals surface area contributed by atoms with Gasteiger partial charge in [0.1, 0.15) is 5.69 Å². The van der Waals surface area contributed by atoms with Gasteiger partial charge in [0.25, 0.3) is 0 Å². The number of ketones is 2. The quantitative estimate of drug-likeness (QED) is 0.769. The highest BCUT2D eigenvalue weighted by atomic mass is 79.9. The highest BCUT2D eigenvalue weighted by Crippen LogP contribution is 2.26. The van der Waals surface area contributed by atoms with Crippen molar-refractivity contribution in [2.24, 2.45) is 5.73 Å². The molecule has 0 saturated carbocycles. The van der Waals surface area contributed by atoms with Gasteiger partial charge in [-0.25, -0.2) is 4.98 Å². The number of hydrogen-bond acceptors (Lipinski definition) is 4. The maximum absolute atomic E-state index is 11.7. The van der Waals surface area contributed by atoms with Crippen LogP contribution < -0.4 is 5.73 Å². The van der Waals surface area contributed by atoms with Crippen LogP contribution in [-0.4, -0.2) is 16.6 Å². The van der Waals surface area contributed by atoms with Crippen molar-refractivity contribution in [1.82, 2.24) is 4.98 Å². The van der Waals surface area contributed by atoms with E-state index in [1.165, 1.54) is 0 Å². The third-order valence-electron chi connectivity index (χ3n) is 2.17. The molecule has 1 aliphatic carbocycles. The number of nitrogens with two attached hydrogens (primary N) is 1. The van der Waals surface area contributed by atoms with E-state index in [4.69, 9.17) is 5.73 Å². The zero-order valence-corrected chi connectivity index (χ0v) is 9.46. The van der Waals surface area contributed by atoms with Gasteiger partial charge >= 0.3 is 0 Å². The Morgan fingerprint density at radius 3 is 2.60 bits per heavy atom. The lowest BCUT2D eigenvalue weighted by Crippen LogP contribution is -2.25. The number of aryl methyl sites for hydroxylation is 1. The predicted octanol–water partition coefficient (Wildman–Crippen LogP) is 1.33. The minimum Gasteiger partial charge on any atom is -0.395 e. The molecular formula is C10H7BrN2O2. The van der Waals surface area contributed by atoms with E-state index < -0.39 is 0 Å². The highest BCUT2D eigenvalue weighted by Gasteiger charge is 2.30. The maximum Gasteiger partial charge on any atom is 0.221 e. The van der Waals surface area contributed by atoms with Crippen LogP contribution in [0.25, 0.3) is 0 Å². The van der Waals surface area contributed by atoms with E-state index in [-0.39, 0.29) is 33.0 Å². The van der Waals surface area contributed by atoms with Crippen LogP contribution >= 0.6 is 15.9 Å². The van der Waals surface area contributed by atoms with E-state index in [1.54, 1.807) is 19.1 Å². The molecule has 1 aliphatic rings. The van der Waals surface area contributed by atoms with Crippen LogP contribution in [0.1, 0.15) is 26.5 Å². The van der Waals surface area contributed by atoms with Gasteiger partial charge in [-0.05, 0) is 35.0 Å². The molecule has 1 heterocycles. The van der Waals surface area contributed by atoms with Gasteiger partial charge in [0, 0.05) is 5.69 Å². The Morgan fingerprint density at radius 2 is 1.93 bits per heavy atom. The Bertz CT molecular complexity index is 520. The first kappa shape index (κ1) is 10.0. The van der Waals surface area contributed by atoms with Gasteiger partial charge in [0.2, 0.25) is 11.6 Å². The second-order valence-electron chi connectivity index (χ2n) is 3.23. The summed E-state index contributed by atoms with van der Waals surface area (Å²) in [5.41, 5.74) is 6.57. The number of fused-ring (bicyclic) bond motifs is 1. The number of Topliss-reactive ketones (excluding diaryl/α,β-unsaturated/α-hetero) is 2. The first-order valence-corrected chi connectivity index (χ1v) is 5.04. The Kier molecular flexibility index (Phi) is 2.19. The van der Waals surface area contributed by atoms with Crippen LogP contribution in [0.15, 0.2) is 22.3 Å². The zero-order chi connectivity index (χ0) is 11.2. The van der Waals surface area contributed by atoms with E-state index in [0.717, 1.165) is 0 Å². The molecule has 2 N–H and O–H groups in total. The lowest BCUT2D eigenvalue weighted by Gasteiger charge is -2.14. The summed E-state index contributed by atoms with van der Waals surface area (Å²) in [6.45, 7) is 1.76. The monoisotopic (exact) mass is 266 g/mol. The summed E-state index contributed by atoms with van der Waals surface area (Å²) in [6, 6.07) is 3.25. The van der Waals surface area contributed by atoms with Crippen molar-refractivity contribution in [2.75, 3.05) is 0 Å². The van der Waals surface area contributed by atoms with Gasteiger partial charge in [-0.15, -0.1) is 0 Å². The van der Waals surface area contributed by atoms with Gasteiger partial charge < -0.3 is 5.73 Å². The third kappa shape index (κ3) is 1.39. The van der Waals surface area contributed by atoms with Gasteiger partial charge in [-0.2, -0.15) is 0 Å². The number of nitrogens with zero attached hydrogens (tertiary/aromatic N) is 1. The van der Waals surface area contributed by atoms with E-state index in [9.17, 15) is 9.59 Å². The Hall–Kier alpha value is -1.49. The molecule has 0 aliphatic heterocycles. The third-order valence-corrected chi connectivity index (χ3v) is 2.96. The molecule has 4 nitrogen and oxygen atoms in total. The molecule has 1 aromatic rings. The Morgan fingerprint density at radius 1 is 1.27 bits per heavy atom. The van der Waals surface area contributed by atoms with Gasteiger partial charge in [0.05, 0.1) is 15.7 Å². The number of hydrogen-bond donors (Lipinski definition) is 1. The lowest BCUT2D eigenvalue weighted by molar-refractivity contribution is 0.0977. The van der Waals surface area contributed by atoms with Crippen molar-refractivity contribution in [2.45, 2.75) is 6.92 Å². The van der Waals surface area contributed by atoms with Gasteiger partial charge in [-0.1, -0.05) is 0 Å². The summed E-state index contributed by atoms with van der Waals surface area (Å²) in [5, 5.41) is 0. The molecule has 76 valence electrons. The van der Waals surface area contributed by atoms with Crippen molar-refractivity contribution < 1.29 is 9.59 Å². The molecule has 0 amide bonds. The number of aromatic nitrogens is 1. The fraction of sp³-hybridized carbons (Fsp3) is 0.100. The average Bonchev–Trinajstić information content (AvgIpc) is 2.23. The van der Waals surface area contributed by atoms with E-state index >= 15 is 0 Å². The second-order valence-corrected chi connectivity index (χ2v) is 4.03. The molecule has 0 saturated heterocycles. The molecule has 0 radical (unpaired) electrons. The minimum atomic E-state index is -0.357. The average molecular weight is 267 g/mol. The molecular weight excluding hydrogens is 260 g/mol. The first-order valence-electron chi connectivity index (χ1n) is 4.24. The van der Waals surface area contributed by atoms with Crippen LogP contribution in [0.2, 0.25) is 0 Å². The van der Waals surface area contributed by atoms with Crippen molar-refractivity contribution in [1.29, 1.82) is 0 Å². The number of allylic oxidation sites excluding steroid dienone is 2. The SMILES string of the molecule is Cc1ccc2c(n1)C(=O)C(Br)=C(N)C2=O. The highest BCUT2D eigenvalue weighted by molar-refractivity contribution is 9.12. The van der Waals surface area contributed by atoms with E-state index in [2.05, 4.69) is 20.9 Å². The summed E-state index contributed by atoms with van der Waals surface area (Å²) >= 11 is 3.00. The molecule has 2 rings (SSSR count). The van der Waals surface area contributed by atoms with Crippen LogP contribution in [0.5, 0.6) is 0 Å². The second kappa shape index (κ2) is 3.27. The standard InChI is InChI=1S/C10H7BrN2O2/c1-4-2-3-5-8(13-4)10(15)6(11)7(12)9(5)14/h2-3H,12H2,1H3. The van der Waals surface area contributed by atoms with Gasteiger partial charge in [-0.3, -0.25) is 9.59 Å². The molecule has 5 heteroatoms. The fourth-order valence-electron chi connectivity index (χ4n) is 1.38. The molecule has 0 aromatic carbocycles. The van der Waals surface area contributed by atoms with Crippen molar-refractivity contribution >= 4 is 27.5 Å². The van der Waals surface area contributed by atoms with Crippen molar-refractivity contribution in [3.63, 3.8) is 0 Å². The zero-order valence-electron chi connectivity index (χ0n) is 7.87. The maximum atomic E-state index is 11.7. The summed E-state index contributed by atoms with van der Waals surface area (Å²) in [6.07, 6.45) is 0. The first-order chi connectivity index (χ1) is 7.02. The topological polar surface area (TPSA) is 73.1 Å². The van der Waals surface area contributed by atoms with Crippen LogP contribution in [0, 0.1) is 6.92 Å². The Balaban J connectivity index is 2.73. The molecule has 0 unspecified atom stereocenters. The molecule has 0 atom stereocenters. The number of halogens is 1. The number of carbonyl (C=O) groups is 2. The molecule has 1 aromatic heterocycles. The van der Waals surface area contributed by atoms with Gasteiger partial charge in [0.15, 0.2) is 0 Å². The number of carbonyl (C=O) groups excluding carboxylic acids is 2.